The van der Waals surface area contributed by atoms with E-state index in [1.807, 2.05) is 0 Å². The van der Waals surface area contributed by atoms with E-state index < -0.39 is 8.02 Å². The van der Waals surface area contributed by atoms with Crippen LogP contribution < -0.4 is 0 Å². The second-order valence-corrected chi connectivity index (χ2v) is 13.7. The molecule has 0 N–H and O–H groups in total. The molecule has 0 saturated heterocycles. The van der Waals surface area contributed by atoms with Gasteiger partial charge in [-0.25, -0.2) is 0 Å². The maximum absolute atomic E-state index is 11.9. The van der Waals surface area contributed by atoms with E-state index in [-0.39, 0.29) is 11.5 Å². The molecule has 0 bridgehead atoms. The third-order valence-electron chi connectivity index (χ3n) is 2.81. The summed E-state index contributed by atoms with van der Waals surface area (Å²) in [6, 6.07) is 0. The van der Waals surface area contributed by atoms with E-state index in [2.05, 4.69) is 54.5 Å². The van der Waals surface area contributed by atoms with Crippen LogP contribution in [0.4, 0.5) is 8.22 Å². The van der Waals surface area contributed by atoms with Crippen LogP contribution in [0.5, 0.6) is 0 Å². The molecular formula is C15H39F2N3SSi. The third kappa shape index (κ3) is 12.8. The molecule has 0 atom stereocenters. The molecule has 22 heavy (non-hydrogen) atoms. The van der Waals surface area contributed by atoms with Crippen LogP contribution in [-0.4, -0.2) is 60.2 Å². The number of halogens is 2. The molecule has 0 aromatic rings. The van der Waals surface area contributed by atoms with Gasteiger partial charge in [-0.05, 0) is 41.5 Å². The fraction of sp³-hybridized carbons (Fsp3) is 1.00. The summed E-state index contributed by atoms with van der Waals surface area (Å²) in [7, 11) is -4.25. The fourth-order valence-electron chi connectivity index (χ4n) is 1.85. The number of hydrogen-bond donors (Lipinski definition) is 0. The first-order chi connectivity index (χ1) is 9.93. The van der Waals surface area contributed by atoms with Crippen molar-refractivity contribution in [2.75, 3.05) is 39.3 Å². The molecule has 0 aliphatic rings. The summed E-state index contributed by atoms with van der Waals surface area (Å²) < 4.78 is 31.4. The molecule has 0 radical (unpaired) electrons. The summed E-state index contributed by atoms with van der Waals surface area (Å²) in [5, 5.41) is 0. The minimum atomic E-state index is -4.25. The van der Waals surface area contributed by atoms with E-state index >= 15 is 0 Å². The normalized spacial score (nSPS) is 14.2. The molecule has 0 rings (SSSR count). The van der Waals surface area contributed by atoms with E-state index in [9.17, 15) is 8.22 Å². The monoisotopic (exact) mass is 359 g/mol. The Morgan fingerprint density at radius 3 is 0.818 bits per heavy atom. The van der Waals surface area contributed by atoms with Crippen molar-refractivity contribution in [1.82, 2.24) is 12.9 Å². The van der Waals surface area contributed by atoms with Crippen LogP contribution >= 0.6 is 0 Å². The van der Waals surface area contributed by atoms with Gasteiger partial charge in [-0.3, -0.25) is 0 Å². The average molecular weight is 360 g/mol. The molecule has 0 amide bonds. The van der Waals surface area contributed by atoms with Gasteiger partial charge in [0.05, 0.1) is 0 Å². The number of hydrogen-bond acceptors (Lipinski definition) is 3. The van der Waals surface area contributed by atoms with Gasteiger partial charge in [0, 0.05) is 39.3 Å². The predicted octanol–water partition coefficient (Wildman–Crippen LogP) is 4.59. The first-order valence-corrected chi connectivity index (χ1v) is 13.4. The molecule has 0 aromatic heterocycles. The zero-order valence-electron chi connectivity index (χ0n) is 16.2. The van der Waals surface area contributed by atoms with Crippen molar-refractivity contribution in [3.8, 4) is 0 Å². The molecule has 0 aromatic carbocycles. The second-order valence-electron chi connectivity index (χ2n) is 6.29. The number of rotatable bonds is 9. The molecule has 0 saturated carbocycles. The van der Waals surface area contributed by atoms with Gasteiger partial charge in [-0.1, -0.05) is 12.9 Å². The molecular weight excluding hydrogens is 320 g/mol. The van der Waals surface area contributed by atoms with Crippen molar-refractivity contribution in [3.05, 3.63) is 0 Å². The van der Waals surface area contributed by atoms with Gasteiger partial charge in [0.2, 0.25) is 0 Å². The van der Waals surface area contributed by atoms with Crippen LogP contribution in [0.2, 0.25) is 19.6 Å². The Balaban J connectivity index is 0. The predicted molar refractivity (Wildman–Crippen MR) is 102 cm³/mol. The topological polar surface area (TPSA) is 9.72 Å². The molecule has 0 spiro atoms. The molecule has 0 heterocycles. The Labute approximate surface area is 141 Å². The van der Waals surface area contributed by atoms with Crippen molar-refractivity contribution in [1.29, 1.82) is 0 Å². The minimum absolute atomic E-state index is 0.162. The summed E-state index contributed by atoms with van der Waals surface area (Å²) in [5.41, 5.74) is 0. The van der Waals surface area contributed by atoms with Gasteiger partial charge < -0.3 is 0 Å². The average Bonchev–Trinajstić information content (AvgIpc) is 2.39. The van der Waals surface area contributed by atoms with Gasteiger partial charge in [-0.15, -0.1) is 0 Å². The van der Waals surface area contributed by atoms with Crippen molar-refractivity contribution in [3.63, 3.8) is 0 Å². The van der Waals surface area contributed by atoms with E-state index in [0.717, 1.165) is 58.9 Å². The number of nitrogens with zero attached hydrogens (tertiary/aromatic N) is 3. The summed E-state index contributed by atoms with van der Waals surface area (Å²) in [4.78, 5) is 0. The molecule has 0 aliphatic heterocycles. The zero-order valence-corrected chi connectivity index (χ0v) is 18.1. The first kappa shape index (κ1) is 24.6. The Kier molecular flexibility index (Phi) is 12.2. The van der Waals surface area contributed by atoms with Crippen molar-refractivity contribution in [2.24, 2.45) is 0 Å². The van der Waals surface area contributed by atoms with Crippen molar-refractivity contribution in [2.45, 2.75) is 61.2 Å². The van der Waals surface area contributed by atoms with Gasteiger partial charge in [0.1, 0.15) is 0 Å². The van der Waals surface area contributed by atoms with E-state index in [1.54, 1.807) is 0 Å². The van der Waals surface area contributed by atoms with Gasteiger partial charge >= 0.3 is 35.9 Å². The van der Waals surface area contributed by atoms with Gasteiger partial charge in [-0.2, -0.15) is 0 Å². The van der Waals surface area contributed by atoms with E-state index in [1.165, 1.54) is 0 Å². The molecule has 0 fully saturated rings. The first-order valence-electron chi connectivity index (χ1n) is 8.57. The SMILES string of the molecule is CCN(CC)[S+](N(CC)CC)N(CC)CC.C[Si-](C)(C)(F)F. The Morgan fingerprint density at radius 2 is 0.727 bits per heavy atom. The van der Waals surface area contributed by atoms with Crippen LogP contribution in [-0.2, 0) is 11.5 Å². The Hall–Kier alpha value is 0.307. The van der Waals surface area contributed by atoms with Crippen LogP contribution in [0.1, 0.15) is 41.5 Å². The van der Waals surface area contributed by atoms with Crippen LogP contribution in [0.25, 0.3) is 0 Å². The quantitative estimate of drug-likeness (QED) is 0.339. The van der Waals surface area contributed by atoms with E-state index in [0.29, 0.717) is 0 Å². The van der Waals surface area contributed by atoms with Crippen LogP contribution in [0, 0.1) is 0 Å². The van der Waals surface area contributed by atoms with Crippen molar-refractivity contribution >= 4 is 19.5 Å². The molecule has 0 unspecified atom stereocenters. The molecule has 7 heteroatoms. The van der Waals surface area contributed by atoms with Crippen molar-refractivity contribution < 1.29 is 8.22 Å². The standard InChI is InChI=1S/C12H30N3S.C3H9F2Si/c1-7-13(8-2)16(14(9-3)10-4)15(11-5)12-6;1-6(2,3,4)5/h7-12H2,1-6H3;1-3H3/q+1;-1. The second kappa shape index (κ2) is 11.0. The summed E-state index contributed by atoms with van der Waals surface area (Å²) >= 11 is 0.162. The summed E-state index contributed by atoms with van der Waals surface area (Å²) in [6.45, 7) is 23.4. The van der Waals surface area contributed by atoms with Gasteiger partial charge in [0.15, 0.2) is 0 Å². The molecule has 138 valence electrons. The van der Waals surface area contributed by atoms with Gasteiger partial charge in [0.25, 0.3) is 11.5 Å². The fourth-order valence-corrected chi connectivity index (χ4v) is 4.22. The summed E-state index contributed by atoms with van der Waals surface area (Å²) in [5.74, 6) is 0. The van der Waals surface area contributed by atoms with Crippen LogP contribution in [0.3, 0.4) is 0 Å². The Bertz CT molecular complexity index is 228. The third-order valence-corrected chi connectivity index (χ3v) is 5.74. The summed E-state index contributed by atoms with van der Waals surface area (Å²) in [6.07, 6.45) is 0. The zero-order chi connectivity index (χ0) is 18.0. The molecule has 0 aliphatic carbocycles. The Morgan fingerprint density at radius 1 is 0.591 bits per heavy atom. The van der Waals surface area contributed by atoms with Crippen LogP contribution in [0.15, 0.2) is 0 Å². The maximum atomic E-state index is 11.9. The molecule has 3 nitrogen and oxygen atoms in total. The van der Waals surface area contributed by atoms with E-state index in [4.69, 9.17) is 0 Å².